The first-order chi connectivity index (χ1) is 11.1. The van der Waals surface area contributed by atoms with Gasteiger partial charge in [0.25, 0.3) is 5.91 Å². The highest BCUT2D eigenvalue weighted by molar-refractivity contribution is 6.42. The van der Waals surface area contributed by atoms with Crippen molar-refractivity contribution in [3.8, 4) is 0 Å². The Balaban J connectivity index is 1.93. The second-order valence-corrected chi connectivity index (χ2v) is 6.06. The Bertz CT molecular complexity index is 693. The van der Waals surface area contributed by atoms with Crippen LogP contribution < -0.4 is 5.32 Å². The van der Waals surface area contributed by atoms with Crippen LogP contribution in [0.25, 0.3) is 6.08 Å². The van der Waals surface area contributed by atoms with Gasteiger partial charge in [-0.2, -0.15) is 0 Å². The van der Waals surface area contributed by atoms with Crippen molar-refractivity contribution in [1.29, 1.82) is 0 Å². The van der Waals surface area contributed by atoms with Crippen molar-refractivity contribution >= 4 is 35.2 Å². The topological polar surface area (TPSA) is 29.1 Å². The van der Waals surface area contributed by atoms with E-state index < -0.39 is 0 Å². The molecule has 0 spiro atoms. The minimum absolute atomic E-state index is 0.111. The number of unbranched alkanes of at least 4 members (excludes halogenated alkanes) is 1. The summed E-state index contributed by atoms with van der Waals surface area (Å²) in [6, 6.07) is 12.9. The van der Waals surface area contributed by atoms with Crippen LogP contribution in [0.4, 0.5) is 0 Å². The largest absolute Gasteiger partial charge is 0.348 e. The standard InChI is InChI=1S/C19H19Cl2NO/c1-2-3-4-5-14-6-9-16(10-7-14)19(23)22-13-15-8-11-17(20)18(21)12-15/h4-12H,2-3,13H2,1H3,(H,22,23). The van der Waals surface area contributed by atoms with Crippen molar-refractivity contribution in [2.24, 2.45) is 0 Å². The Morgan fingerprint density at radius 3 is 2.48 bits per heavy atom. The molecule has 0 aliphatic rings. The molecule has 0 radical (unpaired) electrons. The van der Waals surface area contributed by atoms with E-state index in [2.05, 4.69) is 24.4 Å². The fraction of sp³-hybridized carbons (Fsp3) is 0.211. The summed E-state index contributed by atoms with van der Waals surface area (Å²) in [6.07, 6.45) is 6.40. The summed E-state index contributed by atoms with van der Waals surface area (Å²) in [5.41, 5.74) is 2.64. The first-order valence-corrected chi connectivity index (χ1v) is 8.34. The highest BCUT2D eigenvalue weighted by atomic mass is 35.5. The van der Waals surface area contributed by atoms with Crippen molar-refractivity contribution in [3.63, 3.8) is 0 Å². The van der Waals surface area contributed by atoms with E-state index in [0.717, 1.165) is 24.0 Å². The van der Waals surface area contributed by atoms with Crippen LogP contribution in [0, 0.1) is 0 Å². The van der Waals surface area contributed by atoms with Crippen molar-refractivity contribution in [3.05, 3.63) is 75.3 Å². The van der Waals surface area contributed by atoms with Gasteiger partial charge >= 0.3 is 0 Å². The molecule has 2 rings (SSSR count). The van der Waals surface area contributed by atoms with Gasteiger partial charge in [0.05, 0.1) is 10.0 Å². The summed E-state index contributed by atoms with van der Waals surface area (Å²) in [5.74, 6) is -0.111. The third-order valence-corrected chi connectivity index (χ3v) is 4.11. The number of rotatable bonds is 6. The van der Waals surface area contributed by atoms with Gasteiger partial charge in [0.15, 0.2) is 0 Å². The van der Waals surface area contributed by atoms with Crippen LogP contribution >= 0.6 is 23.2 Å². The van der Waals surface area contributed by atoms with Gasteiger partial charge in [-0.1, -0.05) is 66.9 Å². The molecular formula is C19H19Cl2NO. The highest BCUT2D eigenvalue weighted by Gasteiger charge is 2.06. The smallest absolute Gasteiger partial charge is 0.251 e. The van der Waals surface area contributed by atoms with Gasteiger partial charge in [0, 0.05) is 12.1 Å². The van der Waals surface area contributed by atoms with E-state index in [1.165, 1.54) is 0 Å². The molecule has 0 atom stereocenters. The molecule has 0 aliphatic heterocycles. The fourth-order valence-corrected chi connectivity index (χ4v) is 2.39. The predicted octanol–water partition coefficient (Wildman–Crippen LogP) is 5.74. The van der Waals surface area contributed by atoms with Gasteiger partial charge in [0.1, 0.15) is 0 Å². The second kappa shape index (κ2) is 8.76. The lowest BCUT2D eigenvalue weighted by atomic mass is 10.1. The van der Waals surface area contributed by atoms with Crippen LogP contribution in [0.3, 0.4) is 0 Å². The van der Waals surface area contributed by atoms with Crippen LogP contribution in [-0.4, -0.2) is 5.91 Å². The molecule has 1 amide bonds. The molecular weight excluding hydrogens is 329 g/mol. The molecule has 0 saturated heterocycles. The number of hydrogen-bond acceptors (Lipinski definition) is 1. The maximum absolute atomic E-state index is 12.2. The van der Waals surface area contributed by atoms with Crippen molar-refractivity contribution in [2.45, 2.75) is 26.3 Å². The Kier molecular flexibility index (Phi) is 6.69. The average Bonchev–Trinajstić information content (AvgIpc) is 2.56. The number of allylic oxidation sites excluding steroid dienone is 1. The van der Waals surface area contributed by atoms with Crippen LogP contribution in [0.1, 0.15) is 41.3 Å². The zero-order chi connectivity index (χ0) is 16.7. The van der Waals surface area contributed by atoms with Crippen LogP contribution in [-0.2, 0) is 6.54 Å². The third kappa shape index (κ3) is 5.42. The molecule has 0 heterocycles. The van der Waals surface area contributed by atoms with E-state index in [9.17, 15) is 4.79 Å². The summed E-state index contributed by atoms with van der Waals surface area (Å²) < 4.78 is 0. The van der Waals surface area contributed by atoms with E-state index in [1.54, 1.807) is 12.1 Å². The molecule has 0 aromatic heterocycles. The van der Waals surface area contributed by atoms with E-state index in [-0.39, 0.29) is 5.91 Å². The molecule has 0 bridgehead atoms. The predicted molar refractivity (Wildman–Crippen MR) is 98.0 cm³/mol. The van der Waals surface area contributed by atoms with Crippen molar-refractivity contribution in [2.75, 3.05) is 0 Å². The molecule has 2 nitrogen and oxygen atoms in total. The molecule has 1 N–H and O–H groups in total. The number of halogens is 2. The normalized spacial score (nSPS) is 10.9. The second-order valence-electron chi connectivity index (χ2n) is 5.24. The minimum atomic E-state index is -0.111. The lowest BCUT2D eigenvalue weighted by molar-refractivity contribution is 0.0951. The van der Waals surface area contributed by atoms with Crippen LogP contribution in [0.5, 0.6) is 0 Å². The lowest BCUT2D eigenvalue weighted by Gasteiger charge is -2.07. The molecule has 4 heteroatoms. The Morgan fingerprint density at radius 2 is 1.83 bits per heavy atom. The molecule has 0 unspecified atom stereocenters. The number of benzene rings is 2. The average molecular weight is 348 g/mol. The number of nitrogens with one attached hydrogen (secondary N) is 1. The van der Waals surface area contributed by atoms with Gasteiger partial charge in [-0.05, 0) is 41.8 Å². The van der Waals surface area contributed by atoms with E-state index in [0.29, 0.717) is 22.2 Å². The summed E-state index contributed by atoms with van der Waals surface area (Å²) in [6.45, 7) is 2.56. The molecule has 0 fully saturated rings. The Labute approximate surface area is 147 Å². The Hall–Kier alpha value is -1.77. The highest BCUT2D eigenvalue weighted by Crippen LogP contribution is 2.22. The van der Waals surface area contributed by atoms with Gasteiger partial charge in [-0.15, -0.1) is 0 Å². The maximum atomic E-state index is 12.2. The number of carbonyl (C=O) groups excluding carboxylic acids is 1. The maximum Gasteiger partial charge on any atom is 0.251 e. The van der Waals surface area contributed by atoms with Crippen LogP contribution in [0.2, 0.25) is 10.0 Å². The number of amides is 1. The molecule has 23 heavy (non-hydrogen) atoms. The third-order valence-electron chi connectivity index (χ3n) is 3.38. The number of hydrogen-bond donors (Lipinski definition) is 1. The van der Waals surface area contributed by atoms with Crippen molar-refractivity contribution < 1.29 is 4.79 Å². The minimum Gasteiger partial charge on any atom is -0.348 e. The zero-order valence-corrected chi connectivity index (χ0v) is 14.5. The van der Waals surface area contributed by atoms with Gasteiger partial charge < -0.3 is 5.32 Å². The quantitative estimate of drug-likeness (QED) is 0.709. The van der Waals surface area contributed by atoms with Gasteiger partial charge in [-0.3, -0.25) is 4.79 Å². The summed E-state index contributed by atoms with van der Waals surface area (Å²) in [4.78, 5) is 12.2. The van der Waals surface area contributed by atoms with E-state index >= 15 is 0 Å². The summed E-state index contributed by atoms with van der Waals surface area (Å²) in [7, 11) is 0. The van der Waals surface area contributed by atoms with Crippen molar-refractivity contribution in [1.82, 2.24) is 5.32 Å². The molecule has 2 aromatic rings. The van der Waals surface area contributed by atoms with E-state index in [4.69, 9.17) is 23.2 Å². The fourth-order valence-electron chi connectivity index (χ4n) is 2.07. The first-order valence-electron chi connectivity index (χ1n) is 7.59. The van der Waals surface area contributed by atoms with E-state index in [1.807, 2.05) is 30.3 Å². The monoisotopic (exact) mass is 347 g/mol. The van der Waals surface area contributed by atoms with Gasteiger partial charge in [0.2, 0.25) is 0 Å². The SMILES string of the molecule is CCCC=Cc1ccc(C(=O)NCc2ccc(Cl)c(Cl)c2)cc1. The summed E-state index contributed by atoms with van der Waals surface area (Å²) >= 11 is 11.8. The molecule has 0 saturated carbocycles. The Morgan fingerprint density at radius 1 is 1.09 bits per heavy atom. The first kappa shape index (κ1) is 17.6. The molecule has 2 aromatic carbocycles. The number of carbonyl (C=O) groups is 1. The lowest BCUT2D eigenvalue weighted by Crippen LogP contribution is -2.22. The summed E-state index contributed by atoms with van der Waals surface area (Å²) in [5, 5.41) is 3.87. The van der Waals surface area contributed by atoms with Crippen LogP contribution in [0.15, 0.2) is 48.5 Å². The zero-order valence-electron chi connectivity index (χ0n) is 13.0. The molecule has 120 valence electrons. The molecule has 0 aliphatic carbocycles. The van der Waals surface area contributed by atoms with Gasteiger partial charge in [-0.25, -0.2) is 0 Å².